The van der Waals surface area contributed by atoms with E-state index in [1.165, 1.54) is 12.7 Å². The fourth-order valence-electron chi connectivity index (χ4n) is 4.22. The molecule has 0 radical (unpaired) electrons. The van der Waals surface area contributed by atoms with Crippen LogP contribution in [0, 0.1) is 0 Å². The number of nitrogens with two attached hydrogens (primary N) is 1. The van der Waals surface area contributed by atoms with Gasteiger partial charge < -0.3 is 19.9 Å². The van der Waals surface area contributed by atoms with Crippen LogP contribution in [0.4, 0.5) is 0 Å². The molecule has 1 atom stereocenters. The van der Waals surface area contributed by atoms with Crippen LogP contribution in [0.1, 0.15) is 30.4 Å². The van der Waals surface area contributed by atoms with Crippen LogP contribution < -0.4 is 15.2 Å². The number of hydrogen-bond donors (Lipinski definition) is 1. The van der Waals surface area contributed by atoms with Crippen LogP contribution in [0.15, 0.2) is 60.1 Å². The van der Waals surface area contributed by atoms with Gasteiger partial charge in [0.1, 0.15) is 30.2 Å². The SMILES string of the molecule is NC1=N[C@]2(CO1)c1cc(OC3CCC3)ccc1Oc1ccc(-c3cncnc3)cc12. The molecular weight excluding hydrogens is 380 g/mol. The molecule has 3 aromatic rings. The second-order valence-electron chi connectivity index (χ2n) is 7.87. The van der Waals surface area contributed by atoms with Crippen LogP contribution in [0.3, 0.4) is 0 Å². The number of rotatable bonds is 3. The van der Waals surface area contributed by atoms with Gasteiger partial charge in [-0.3, -0.25) is 0 Å². The second kappa shape index (κ2) is 6.45. The molecule has 1 saturated carbocycles. The number of ether oxygens (including phenoxy) is 3. The van der Waals surface area contributed by atoms with E-state index in [0.29, 0.717) is 6.61 Å². The van der Waals surface area contributed by atoms with Gasteiger partial charge in [0.2, 0.25) is 0 Å². The lowest BCUT2D eigenvalue weighted by molar-refractivity contribution is 0.120. The van der Waals surface area contributed by atoms with Crippen molar-refractivity contribution in [2.24, 2.45) is 10.7 Å². The van der Waals surface area contributed by atoms with Gasteiger partial charge in [0.15, 0.2) is 5.54 Å². The molecule has 1 aliphatic carbocycles. The van der Waals surface area contributed by atoms with E-state index >= 15 is 0 Å². The van der Waals surface area contributed by atoms with Gasteiger partial charge in [0.25, 0.3) is 6.02 Å². The highest BCUT2D eigenvalue weighted by Crippen LogP contribution is 2.52. The van der Waals surface area contributed by atoms with E-state index < -0.39 is 5.54 Å². The van der Waals surface area contributed by atoms with Crippen molar-refractivity contribution in [3.8, 4) is 28.4 Å². The smallest absolute Gasteiger partial charge is 0.283 e. The first-order chi connectivity index (χ1) is 14.7. The molecule has 1 fully saturated rings. The molecule has 1 aromatic heterocycles. The number of amidine groups is 1. The summed E-state index contributed by atoms with van der Waals surface area (Å²) in [5.74, 6) is 2.29. The van der Waals surface area contributed by atoms with Gasteiger partial charge in [-0.25, -0.2) is 15.0 Å². The zero-order chi connectivity index (χ0) is 20.1. The summed E-state index contributed by atoms with van der Waals surface area (Å²) >= 11 is 0. The van der Waals surface area contributed by atoms with Crippen molar-refractivity contribution in [1.82, 2.24) is 9.97 Å². The van der Waals surface area contributed by atoms with Gasteiger partial charge in [0, 0.05) is 29.1 Å². The van der Waals surface area contributed by atoms with E-state index in [0.717, 1.165) is 52.3 Å². The predicted molar refractivity (Wildman–Crippen MR) is 111 cm³/mol. The Kier molecular flexibility index (Phi) is 3.71. The largest absolute Gasteiger partial charge is 0.490 e. The maximum absolute atomic E-state index is 6.24. The van der Waals surface area contributed by atoms with Gasteiger partial charge in [-0.15, -0.1) is 0 Å². The summed E-state index contributed by atoms with van der Waals surface area (Å²) in [6.45, 7) is 0.309. The maximum Gasteiger partial charge on any atom is 0.283 e. The fraction of sp³-hybridized carbons (Fsp3) is 0.261. The van der Waals surface area contributed by atoms with Crippen molar-refractivity contribution >= 4 is 6.02 Å². The van der Waals surface area contributed by atoms with Crippen LogP contribution in [0.25, 0.3) is 11.1 Å². The quantitative estimate of drug-likeness (QED) is 0.720. The zero-order valence-corrected chi connectivity index (χ0v) is 16.2. The molecule has 7 heteroatoms. The third-order valence-electron chi connectivity index (χ3n) is 6.02. The Morgan fingerprint density at radius 3 is 2.43 bits per heavy atom. The first-order valence-electron chi connectivity index (χ1n) is 10.1. The summed E-state index contributed by atoms with van der Waals surface area (Å²) in [7, 11) is 0. The molecule has 0 amide bonds. The van der Waals surface area contributed by atoms with Crippen LogP contribution in [0.2, 0.25) is 0 Å². The zero-order valence-electron chi connectivity index (χ0n) is 16.2. The molecule has 1 spiro atoms. The highest BCUT2D eigenvalue weighted by Gasteiger charge is 2.47. The highest BCUT2D eigenvalue weighted by atomic mass is 16.5. The van der Waals surface area contributed by atoms with E-state index in [2.05, 4.69) is 16.0 Å². The van der Waals surface area contributed by atoms with E-state index in [-0.39, 0.29) is 12.1 Å². The molecule has 0 bridgehead atoms. The lowest BCUT2D eigenvalue weighted by Gasteiger charge is -2.34. The molecule has 30 heavy (non-hydrogen) atoms. The standard InChI is InChI=1S/C23H20N4O3/c24-22-27-23(12-28-22)18-8-14(15-10-25-13-26-11-15)4-6-20(18)30-21-7-5-17(9-19(21)23)29-16-2-1-3-16/h4-11,13,16H,1-3,12H2,(H2,24,27)/t23-/m0/s1. The van der Waals surface area contributed by atoms with Crippen molar-refractivity contribution in [2.45, 2.75) is 30.9 Å². The lowest BCUT2D eigenvalue weighted by Crippen LogP contribution is -2.31. The molecule has 0 unspecified atom stereocenters. The summed E-state index contributed by atoms with van der Waals surface area (Å²) in [5.41, 5.74) is 8.90. The number of aliphatic imine (C=N–C) groups is 1. The number of nitrogens with zero attached hydrogens (tertiary/aromatic N) is 3. The van der Waals surface area contributed by atoms with E-state index in [1.54, 1.807) is 12.4 Å². The minimum absolute atomic E-state index is 0.174. The summed E-state index contributed by atoms with van der Waals surface area (Å²) in [6.07, 6.45) is 8.78. The lowest BCUT2D eigenvalue weighted by atomic mass is 9.80. The molecule has 6 rings (SSSR count). The first-order valence-corrected chi connectivity index (χ1v) is 10.1. The topological polar surface area (TPSA) is 91.9 Å². The van der Waals surface area contributed by atoms with Gasteiger partial charge in [-0.2, -0.15) is 0 Å². The summed E-state index contributed by atoms with van der Waals surface area (Å²) in [6, 6.07) is 12.1. The van der Waals surface area contributed by atoms with Crippen LogP contribution >= 0.6 is 0 Å². The fourth-order valence-corrected chi connectivity index (χ4v) is 4.22. The van der Waals surface area contributed by atoms with Gasteiger partial charge >= 0.3 is 0 Å². The molecule has 3 heterocycles. The molecular formula is C23H20N4O3. The maximum atomic E-state index is 6.24. The van der Waals surface area contributed by atoms with E-state index in [1.807, 2.05) is 30.3 Å². The Balaban J connectivity index is 1.50. The minimum Gasteiger partial charge on any atom is -0.490 e. The number of fused-ring (bicyclic) bond motifs is 4. The monoisotopic (exact) mass is 400 g/mol. The molecule has 7 nitrogen and oxygen atoms in total. The molecule has 2 N–H and O–H groups in total. The molecule has 150 valence electrons. The highest BCUT2D eigenvalue weighted by molar-refractivity contribution is 5.78. The summed E-state index contributed by atoms with van der Waals surface area (Å²) < 4.78 is 18.0. The molecule has 0 saturated heterocycles. The Morgan fingerprint density at radius 1 is 0.967 bits per heavy atom. The molecule has 2 aromatic carbocycles. The van der Waals surface area contributed by atoms with Gasteiger partial charge in [-0.05, 0) is 55.2 Å². The third-order valence-corrected chi connectivity index (χ3v) is 6.02. The van der Waals surface area contributed by atoms with Gasteiger partial charge in [-0.1, -0.05) is 6.07 Å². The van der Waals surface area contributed by atoms with Crippen LogP contribution in [-0.2, 0) is 10.3 Å². The van der Waals surface area contributed by atoms with Crippen LogP contribution in [0.5, 0.6) is 17.2 Å². The average molecular weight is 400 g/mol. The van der Waals surface area contributed by atoms with Crippen molar-refractivity contribution in [3.63, 3.8) is 0 Å². The third kappa shape index (κ3) is 2.62. The first kappa shape index (κ1) is 17.3. The Labute approximate surface area is 173 Å². The predicted octanol–water partition coefficient (Wildman–Crippen LogP) is 3.77. The summed E-state index contributed by atoms with van der Waals surface area (Å²) in [5, 5.41) is 0. The molecule has 2 aliphatic heterocycles. The number of benzene rings is 2. The Hall–Kier alpha value is -3.61. The number of hydrogen-bond acceptors (Lipinski definition) is 7. The van der Waals surface area contributed by atoms with E-state index in [9.17, 15) is 0 Å². The van der Waals surface area contributed by atoms with Crippen molar-refractivity contribution in [3.05, 3.63) is 66.2 Å². The average Bonchev–Trinajstić information content (AvgIpc) is 3.14. The van der Waals surface area contributed by atoms with Crippen molar-refractivity contribution in [1.29, 1.82) is 0 Å². The molecule has 3 aliphatic rings. The van der Waals surface area contributed by atoms with Crippen LogP contribution in [-0.4, -0.2) is 28.7 Å². The number of aromatic nitrogens is 2. The van der Waals surface area contributed by atoms with E-state index in [4.69, 9.17) is 24.9 Å². The Bertz CT molecular complexity index is 1160. The normalized spacial score (nSPS) is 21.7. The van der Waals surface area contributed by atoms with Crippen molar-refractivity contribution in [2.75, 3.05) is 6.61 Å². The van der Waals surface area contributed by atoms with Gasteiger partial charge in [0.05, 0.1) is 6.10 Å². The van der Waals surface area contributed by atoms with Crippen molar-refractivity contribution < 1.29 is 14.2 Å². The second-order valence-corrected chi connectivity index (χ2v) is 7.87. The minimum atomic E-state index is -0.780. The summed E-state index contributed by atoms with van der Waals surface area (Å²) in [4.78, 5) is 13.0. The Morgan fingerprint density at radius 2 is 1.73 bits per heavy atom.